The zero-order valence-electron chi connectivity index (χ0n) is 15.1. The molecule has 4 nitrogen and oxygen atoms in total. The highest BCUT2D eigenvalue weighted by atomic mass is 16.5. The van der Waals surface area contributed by atoms with E-state index in [9.17, 15) is 9.90 Å². The summed E-state index contributed by atoms with van der Waals surface area (Å²) in [5.41, 5.74) is 0.372. The number of benzene rings is 1. The first-order chi connectivity index (χ1) is 11.3. The summed E-state index contributed by atoms with van der Waals surface area (Å²) in [4.78, 5) is 12.9. The Morgan fingerprint density at radius 3 is 2.62 bits per heavy atom. The van der Waals surface area contributed by atoms with Gasteiger partial charge in [0.15, 0.2) is 0 Å². The van der Waals surface area contributed by atoms with E-state index in [2.05, 4.69) is 13.8 Å². The molecule has 0 aromatic heterocycles. The molecule has 0 saturated heterocycles. The SMILES string of the molecule is COc1ccc(OC)c(CC2(C)C(=O)CCC3(C)C(O)CCC23)c1. The van der Waals surface area contributed by atoms with Crippen molar-refractivity contribution in [2.24, 2.45) is 16.7 Å². The summed E-state index contributed by atoms with van der Waals surface area (Å²) in [6, 6.07) is 5.74. The van der Waals surface area contributed by atoms with Crippen LogP contribution < -0.4 is 9.47 Å². The molecule has 0 aliphatic heterocycles. The van der Waals surface area contributed by atoms with Crippen molar-refractivity contribution in [3.63, 3.8) is 0 Å². The topological polar surface area (TPSA) is 55.8 Å². The van der Waals surface area contributed by atoms with Crippen LogP contribution in [0.4, 0.5) is 0 Å². The van der Waals surface area contributed by atoms with Crippen LogP contribution in [0.3, 0.4) is 0 Å². The van der Waals surface area contributed by atoms with Crippen LogP contribution in [0.25, 0.3) is 0 Å². The largest absolute Gasteiger partial charge is 0.497 e. The minimum Gasteiger partial charge on any atom is -0.497 e. The van der Waals surface area contributed by atoms with E-state index in [-0.39, 0.29) is 17.4 Å². The highest BCUT2D eigenvalue weighted by Gasteiger charge is 2.58. The van der Waals surface area contributed by atoms with Crippen LogP contribution in [-0.2, 0) is 11.2 Å². The van der Waals surface area contributed by atoms with E-state index in [1.54, 1.807) is 14.2 Å². The zero-order valence-corrected chi connectivity index (χ0v) is 15.1. The van der Waals surface area contributed by atoms with Gasteiger partial charge < -0.3 is 14.6 Å². The first kappa shape index (κ1) is 17.3. The Hall–Kier alpha value is -1.55. The van der Waals surface area contributed by atoms with Crippen molar-refractivity contribution >= 4 is 5.78 Å². The van der Waals surface area contributed by atoms with E-state index >= 15 is 0 Å². The van der Waals surface area contributed by atoms with Crippen molar-refractivity contribution in [2.75, 3.05) is 14.2 Å². The molecule has 3 rings (SSSR count). The third-order valence-electron chi connectivity index (χ3n) is 6.63. The highest BCUT2D eigenvalue weighted by molar-refractivity contribution is 5.86. The van der Waals surface area contributed by atoms with Crippen LogP contribution in [0.5, 0.6) is 11.5 Å². The maximum Gasteiger partial charge on any atom is 0.139 e. The fourth-order valence-electron chi connectivity index (χ4n) is 5.10. The van der Waals surface area contributed by atoms with Crippen LogP contribution in [-0.4, -0.2) is 31.2 Å². The number of carbonyl (C=O) groups is 1. The monoisotopic (exact) mass is 332 g/mol. The smallest absolute Gasteiger partial charge is 0.139 e. The lowest BCUT2D eigenvalue weighted by atomic mass is 9.54. The predicted octanol–water partition coefficient (Wildman–Crippen LogP) is 3.39. The third kappa shape index (κ3) is 2.52. The molecular weight excluding hydrogens is 304 g/mol. The summed E-state index contributed by atoms with van der Waals surface area (Å²) in [5, 5.41) is 10.5. The van der Waals surface area contributed by atoms with Crippen LogP contribution in [0.2, 0.25) is 0 Å². The van der Waals surface area contributed by atoms with Crippen molar-refractivity contribution in [3.8, 4) is 11.5 Å². The normalized spacial score (nSPS) is 35.6. The lowest BCUT2D eigenvalue weighted by Gasteiger charge is -2.49. The van der Waals surface area contributed by atoms with E-state index in [1.807, 2.05) is 18.2 Å². The summed E-state index contributed by atoms with van der Waals surface area (Å²) >= 11 is 0. The molecule has 1 N–H and O–H groups in total. The molecule has 0 bridgehead atoms. The number of ether oxygens (including phenoxy) is 2. The second-order valence-electron chi connectivity index (χ2n) is 7.85. The lowest BCUT2D eigenvalue weighted by Crippen LogP contribution is -2.50. The number of carbonyl (C=O) groups excluding carboxylic acids is 1. The number of ketones is 1. The summed E-state index contributed by atoms with van der Waals surface area (Å²) in [7, 11) is 3.29. The first-order valence-electron chi connectivity index (χ1n) is 8.77. The van der Waals surface area contributed by atoms with Gasteiger partial charge in [-0.1, -0.05) is 13.8 Å². The molecule has 1 aromatic rings. The molecule has 0 heterocycles. The molecule has 24 heavy (non-hydrogen) atoms. The van der Waals surface area contributed by atoms with E-state index in [1.165, 1.54) is 0 Å². The van der Waals surface area contributed by atoms with Crippen molar-refractivity contribution in [1.29, 1.82) is 0 Å². The number of rotatable bonds is 4. The number of hydrogen-bond acceptors (Lipinski definition) is 4. The van der Waals surface area contributed by atoms with Gasteiger partial charge in [0.05, 0.1) is 20.3 Å². The average molecular weight is 332 g/mol. The van der Waals surface area contributed by atoms with Gasteiger partial charge in [-0.3, -0.25) is 4.79 Å². The number of fused-ring (bicyclic) bond motifs is 1. The molecule has 4 unspecified atom stereocenters. The van der Waals surface area contributed by atoms with E-state index in [0.717, 1.165) is 36.3 Å². The minimum absolute atomic E-state index is 0.158. The Morgan fingerprint density at radius 2 is 1.96 bits per heavy atom. The van der Waals surface area contributed by atoms with Gasteiger partial charge in [-0.25, -0.2) is 0 Å². The average Bonchev–Trinajstić information content (AvgIpc) is 2.88. The van der Waals surface area contributed by atoms with Gasteiger partial charge >= 0.3 is 0 Å². The van der Waals surface area contributed by atoms with E-state index < -0.39 is 5.41 Å². The number of methoxy groups -OCH3 is 2. The first-order valence-corrected chi connectivity index (χ1v) is 8.77. The van der Waals surface area contributed by atoms with Gasteiger partial charge in [-0.2, -0.15) is 0 Å². The van der Waals surface area contributed by atoms with Crippen LogP contribution in [0.15, 0.2) is 18.2 Å². The second-order valence-corrected chi connectivity index (χ2v) is 7.85. The Bertz CT molecular complexity index is 641. The van der Waals surface area contributed by atoms with Gasteiger partial charge in [0, 0.05) is 11.8 Å². The zero-order chi connectivity index (χ0) is 17.5. The van der Waals surface area contributed by atoms with Crippen LogP contribution >= 0.6 is 0 Å². The Labute approximate surface area is 144 Å². The van der Waals surface area contributed by atoms with Gasteiger partial charge in [-0.15, -0.1) is 0 Å². The minimum atomic E-state index is -0.468. The highest BCUT2D eigenvalue weighted by Crippen LogP contribution is 2.59. The van der Waals surface area contributed by atoms with E-state index in [4.69, 9.17) is 9.47 Å². The number of aliphatic hydroxyl groups is 1. The van der Waals surface area contributed by atoms with Crippen molar-refractivity contribution in [3.05, 3.63) is 23.8 Å². The van der Waals surface area contributed by atoms with Crippen LogP contribution in [0.1, 0.15) is 45.1 Å². The quantitative estimate of drug-likeness (QED) is 0.918. The number of hydrogen-bond donors (Lipinski definition) is 1. The summed E-state index contributed by atoms with van der Waals surface area (Å²) in [6.07, 6.45) is 3.36. The maximum atomic E-state index is 12.9. The molecule has 4 atom stereocenters. The van der Waals surface area contributed by atoms with Crippen molar-refractivity contribution in [2.45, 2.75) is 52.1 Å². The Morgan fingerprint density at radius 1 is 1.21 bits per heavy atom. The molecule has 2 aliphatic rings. The Kier molecular flexibility index (Phi) is 4.37. The molecule has 1 aromatic carbocycles. The van der Waals surface area contributed by atoms with Gasteiger partial charge in [0.1, 0.15) is 17.3 Å². The molecule has 0 amide bonds. The second kappa shape index (κ2) is 6.07. The molecule has 132 valence electrons. The predicted molar refractivity (Wildman–Crippen MR) is 92.4 cm³/mol. The fraction of sp³-hybridized carbons (Fsp3) is 0.650. The molecule has 0 spiro atoms. The summed E-state index contributed by atoms with van der Waals surface area (Å²) in [5.74, 6) is 2.07. The molecule has 2 aliphatic carbocycles. The molecule has 2 saturated carbocycles. The summed E-state index contributed by atoms with van der Waals surface area (Å²) < 4.78 is 10.9. The van der Waals surface area contributed by atoms with Crippen molar-refractivity contribution in [1.82, 2.24) is 0 Å². The van der Waals surface area contributed by atoms with Gasteiger partial charge in [0.25, 0.3) is 0 Å². The molecular formula is C20H28O4. The van der Waals surface area contributed by atoms with E-state index in [0.29, 0.717) is 18.6 Å². The summed E-state index contributed by atoms with van der Waals surface area (Å²) in [6.45, 7) is 4.23. The van der Waals surface area contributed by atoms with Crippen molar-refractivity contribution < 1.29 is 19.4 Å². The maximum absolute atomic E-state index is 12.9. The van der Waals surface area contributed by atoms with Crippen LogP contribution in [0, 0.1) is 16.7 Å². The molecule has 2 fully saturated rings. The third-order valence-corrected chi connectivity index (χ3v) is 6.63. The fourth-order valence-corrected chi connectivity index (χ4v) is 5.10. The van der Waals surface area contributed by atoms with Gasteiger partial charge in [-0.05, 0) is 60.8 Å². The van der Waals surface area contributed by atoms with Gasteiger partial charge in [0.2, 0.25) is 0 Å². The molecule has 0 radical (unpaired) electrons. The number of aliphatic hydroxyl groups excluding tert-OH is 1. The standard InChI is InChI=1S/C20H28O4/c1-19-10-9-18(22)20(2,16(19)7-8-17(19)21)12-13-11-14(23-3)5-6-15(13)24-4/h5-6,11,16-17,21H,7-10,12H2,1-4H3. The Balaban J connectivity index is 1.99. The number of Topliss-reactive ketones (excluding diaryl/α,β-unsaturated/α-hetero) is 1. The lowest BCUT2D eigenvalue weighted by molar-refractivity contribution is -0.143. The molecule has 4 heteroatoms.